The number of halogens is 1. The number of thiophene rings is 1. The molecule has 11 nitrogen and oxygen atoms in total. The van der Waals surface area contributed by atoms with Crippen LogP contribution in [0, 0.1) is 12.7 Å². The van der Waals surface area contributed by atoms with E-state index in [1.807, 2.05) is 12.3 Å². The van der Waals surface area contributed by atoms with E-state index >= 15 is 0 Å². The SMILES string of the molecule is COc1cccnc1-n1c(Cn2nc(-c3cc(O)cc(F)c3)c3c(N)ncnc32)nc2scc(C)c2c1=O. The number of hydrogen-bond acceptors (Lipinski definition) is 10. The monoisotopic (exact) mass is 530 g/mol. The number of aryl methyl sites for hydroxylation is 1. The zero-order valence-corrected chi connectivity index (χ0v) is 20.9. The Kier molecular flexibility index (Phi) is 5.49. The largest absolute Gasteiger partial charge is 0.508 e. The van der Waals surface area contributed by atoms with Gasteiger partial charge >= 0.3 is 0 Å². The lowest BCUT2D eigenvalue weighted by molar-refractivity contribution is 0.409. The summed E-state index contributed by atoms with van der Waals surface area (Å²) in [4.78, 5) is 32.0. The van der Waals surface area contributed by atoms with Crippen molar-refractivity contribution in [3.05, 3.63) is 75.8 Å². The molecule has 13 heteroatoms. The number of nitrogen functional groups attached to an aromatic ring is 1. The van der Waals surface area contributed by atoms with Crippen LogP contribution in [0.2, 0.25) is 0 Å². The lowest BCUT2D eigenvalue weighted by Crippen LogP contribution is -2.26. The summed E-state index contributed by atoms with van der Waals surface area (Å²) in [5.41, 5.74) is 7.57. The maximum absolute atomic E-state index is 14.2. The fourth-order valence-corrected chi connectivity index (χ4v) is 5.32. The van der Waals surface area contributed by atoms with Crippen LogP contribution in [-0.4, -0.2) is 46.5 Å². The molecular weight excluding hydrogens is 511 g/mol. The smallest absolute Gasteiger partial charge is 0.268 e. The van der Waals surface area contributed by atoms with Gasteiger partial charge < -0.3 is 15.6 Å². The second-order valence-electron chi connectivity index (χ2n) is 8.46. The second kappa shape index (κ2) is 8.88. The maximum Gasteiger partial charge on any atom is 0.268 e. The second-order valence-corrected chi connectivity index (χ2v) is 9.32. The third-order valence-electron chi connectivity index (χ3n) is 6.05. The van der Waals surface area contributed by atoms with Gasteiger partial charge in [-0.3, -0.25) is 4.79 Å². The molecule has 0 saturated heterocycles. The molecule has 6 aromatic rings. The third-order valence-corrected chi connectivity index (χ3v) is 7.04. The third kappa shape index (κ3) is 3.71. The molecule has 5 heterocycles. The molecule has 0 atom stereocenters. The topological polar surface area (TPSA) is 147 Å². The van der Waals surface area contributed by atoms with Gasteiger partial charge in [0.1, 0.15) is 46.6 Å². The van der Waals surface area contributed by atoms with Crippen molar-refractivity contribution in [3.8, 4) is 28.6 Å². The van der Waals surface area contributed by atoms with Crippen molar-refractivity contribution in [2.45, 2.75) is 13.5 Å². The molecule has 0 bridgehead atoms. The van der Waals surface area contributed by atoms with E-state index in [9.17, 15) is 14.3 Å². The van der Waals surface area contributed by atoms with Gasteiger partial charge in [-0.1, -0.05) is 0 Å². The number of hydrogen-bond donors (Lipinski definition) is 2. The predicted molar refractivity (Wildman–Crippen MR) is 140 cm³/mol. The van der Waals surface area contributed by atoms with Crippen molar-refractivity contribution in [1.82, 2.24) is 34.3 Å². The molecule has 190 valence electrons. The highest BCUT2D eigenvalue weighted by Gasteiger charge is 2.23. The normalized spacial score (nSPS) is 11.4. The van der Waals surface area contributed by atoms with E-state index in [1.165, 1.54) is 46.2 Å². The highest BCUT2D eigenvalue weighted by molar-refractivity contribution is 7.16. The van der Waals surface area contributed by atoms with Gasteiger partial charge in [0.2, 0.25) is 0 Å². The Hall–Kier alpha value is -4.91. The number of aromatic nitrogens is 7. The van der Waals surface area contributed by atoms with Gasteiger partial charge in [0.05, 0.1) is 17.9 Å². The van der Waals surface area contributed by atoms with Gasteiger partial charge in [0.25, 0.3) is 5.56 Å². The van der Waals surface area contributed by atoms with Crippen molar-refractivity contribution in [2.24, 2.45) is 0 Å². The summed E-state index contributed by atoms with van der Waals surface area (Å²) in [5.74, 6) is 0.190. The molecule has 1 aromatic carbocycles. The summed E-state index contributed by atoms with van der Waals surface area (Å²) in [5, 5.41) is 17.3. The molecule has 0 fully saturated rings. The predicted octanol–water partition coefficient (Wildman–Crippen LogP) is 3.44. The summed E-state index contributed by atoms with van der Waals surface area (Å²) in [6.07, 6.45) is 2.85. The van der Waals surface area contributed by atoms with Crippen molar-refractivity contribution < 1.29 is 14.2 Å². The van der Waals surface area contributed by atoms with Crippen LogP contribution in [0.25, 0.3) is 38.3 Å². The number of methoxy groups -OCH3 is 1. The lowest BCUT2D eigenvalue weighted by atomic mass is 10.1. The van der Waals surface area contributed by atoms with Crippen molar-refractivity contribution in [2.75, 3.05) is 12.8 Å². The van der Waals surface area contributed by atoms with Crippen LogP contribution in [0.4, 0.5) is 10.2 Å². The Morgan fingerprint density at radius 3 is 2.82 bits per heavy atom. The van der Waals surface area contributed by atoms with E-state index < -0.39 is 5.82 Å². The summed E-state index contributed by atoms with van der Waals surface area (Å²) in [6, 6.07) is 7.00. The van der Waals surface area contributed by atoms with Crippen LogP contribution in [0.3, 0.4) is 0 Å². The number of rotatable bonds is 5. The summed E-state index contributed by atoms with van der Waals surface area (Å²) in [6.45, 7) is 1.83. The number of phenols is 1. The molecule has 38 heavy (non-hydrogen) atoms. The van der Waals surface area contributed by atoms with Crippen LogP contribution in [-0.2, 0) is 6.54 Å². The van der Waals surface area contributed by atoms with E-state index in [0.29, 0.717) is 32.8 Å². The first-order valence-corrected chi connectivity index (χ1v) is 12.2. The molecular formula is C25H19FN8O3S. The standard InChI is InChI=1S/C25H19FN8O3S/c1-12-10-38-24-18(12)25(36)34(22-16(37-2)4-3-5-28-22)17(31-24)9-33-23-19(21(27)29-11-30-23)20(32-33)13-6-14(26)8-15(35)7-13/h3-8,10-11,35H,9H2,1-2H3,(H2,27,29,30). The lowest BCUT2D eigenvalue weighted by Gasteiger charge is -2.14. The van der Waals surface area contributed by atoms with Crippen molar-refractivity contribution in [3.63, 3.8) is 0 Å². The Morgan fingerprint density at radius 2 is 2.03 bits per heavy atom. The molecule has 0 unspecified atom stereocenters. The molecule has 0 amide bonds. The number of ether oxygens (including phenoxy) is 1. The quantitative estimate of drug-likeness (QED) is 0.342. The molecule has 0 spiro atoms. The van der Waals surface area contributed by atoms with Gasteiger partial charge in [-0.15, -0.1) is 11.3 Å². The first-order chi connectivity index (χ1) is 18.4. The van der Waals surface area contributed by atoms with Crippen LogP contribution in [0.5, 0.6) is 11.5 Å². The van der Waals surface area contributed by atoms with Crippen molar-refractivity contribution in [1.29, 1.82) is 0 Å². The molecule has 0 aliphatic carbocycles. The number of phenolic OH excluding ortho intramolecular Hbond substituents is 1. The summed E-state index contributed by atoms with van der Waals surface area (Å²) < 4.78 is 22.5. The minimum atomic E-state index is -0.644. The Balaban J connectivity index is 1.62. The van der Waals surface area contributed by atoms with Gasteiger partial charge in [0, 0.05) is 17.8 Å². The number of fused-ring (bicyclic) bond motifs is 2. The average Bonchev–Trinajstić information content (AvgIpc) is 3.45. The zero-order chi connectivity index (χ0) is 26.6. The van der Waals surface area contributed by atoms with Crippen LogP contribution in [0.1, 0.15) is 11.4 Å². The fourth-order valence-electron chi connectivity index (χ4n) is 4.39. The van der Waals surface area contributed by atoms with Crippen molar-refractivity contribution >= 4 is 38.4 Å². The highest BCUT2D eigenvalue weighted by Crippen LogP contribution is 2.33. The van der Waals surface area contributed by atoms with E-state index in [-0.39, 0.29) is 40.7 Å². The maximum atomic E-state index is 14.2. The Labute approximate surface area is 217 Å². The summed E-state index contributed by atoms with van der Waals surface area (Å²) >= 11 is 1.36. The first-order valence-electron chi connectivity index (χ1n) is 11.3. The number of nitrogens with zero attached hydrogens (tertiary/aromatic N) is 7. The van der Waals surface area contributed by atoms with E-state index in [2.05, 4.69) is 20.1 Å². The molecule has 0 aliphatic rings. The van der Waals surface area contributed by atoms with Crippen LogP contribution < -0.4 is 16.0 Å². The number of nitrogens with two attached hydrogens (primary N) is 1. The molecule has 5 aromatic heterocycles. The van der Waals surface area contributed by atoms with E-state index in [4.69, 9.17) is 15.5 Å². The minimum Gasteiger partial charge on any atom is -0.508 e. The van der Waals surface area contributed by atoms with E-state index in [0.717, 1.165) is 11.6 Å². The molecule has 0 aliphatic heterocycles. The zero-order valence-electron chi connectivity index (χ0n) is 20.1. The number of pyridine rings is 1. The molecule has 0 saturated carbocycles. The highest BCUT2D eigenvalue weighted by atomic mass is 32.1. The van der Waals surface area contributed by atoms with Gasteiger partial charge in [-0.05, 0) is 42.1 Å². The van der Waals surface area contributed by atoms with Crippen LogP contribution in [0.15, 0.2) is 53.0 Å². The van der Waals surface area contributed by atoms with Crippen LogP contribution >= 0.6 is 11.3 Å². The first kappa shape index (κ1) is 23.5. The molecule has 0 radical (unpaired) electrons. The van der Waals surface area contributed by atoms with Gasteiger partial charge in [0.15, 0.2) is 17.2 Å². The van der Waals surface area contributed by atoms with Gasteiger partial charge in [-0.25, -0.2) is 33.6 Å². The van der Waals surface area contributed by atoms with E-state index in [1.54, 1.807) is 18.3 Å². The number of anilines is 1. The Bertz CT molecular complexity index is 1910. The number of aromatic hydroxyl groups is 1. The average molecular weight is 531 g/mol. The Morgan fingerprint density at radius 1 is 1.18 bits per heavy atom. The molecule has 3 N–H and O–H groups in total. The molecule has 6 rings (SSSR count). The minimum absolute atomic E-state index is 0.0178. The number of benzene rings is 1. The van der Waals surface area contributed by atoms with Gasteiger partial charge in [-0.2, -0.15) is 5.10 Å². The summed E-state index contributed by atoms with van der Waals surface area (Å²) in [7, 11) is 1.49. The fraction of sp³-hybridized carbons (Fsp3) is 0.120.